The van der Waals surface area contributed by atoms with Crippen LogP contribution in [0.2, 0.25) is 0 Å². The molecular weight excluding hydrogens is 180 g/mol. The van der Waals surface area contributed by atoms with E-state index in [0.29, 0.717) is 0 Å². The maximum Gasteiger partial charge on any atom is -0.0152 e. The van der Waals surface area contributed by atoms with E-state index in [1.54, 1.807) is 0 Å². The summed E-state index contributed by atoms with van der Waals surface area (Å²) in [5.74, 6) is 0. The summed E-state index contributed by atoms with van der Waals surface area (Å²) in [5.41, 5.74) is 2.84. The maximum atomic E-state index is 2.27. The molecular formula is C15H18. The third-order valence-electron chi connectivity index (χ3n) is 2.93. The molecule has 0 fully saturated rings. The molecule has 2 aromatic carbocycles. The monoisotopic (exact) mass is 198 g/mol. The lowest BCUT2D eigenvalue weighted by Gasteiger charge is -2.06. The first-order valence-corrected chi connectivity index (χ1v) is 5.79. The molecule has 0 saturated carbocycles. The standard InChI is InChI=1S/C15H18/c1-3-4-6-13-7-5-8-14-11-12(2)9-10-15(13)14/h5,7-11H,3-4,6H2,1-2H3. The average molecular weight is 198 g/mol. The van der Waals surface area contributed by atoms with Crippen molar-refractivity contribution in [2.24, 2.45) is 0 Å². The Kier molecular flexibility index (Phi) is 3.05. The van der Waals surface area contributed by atoms with Gasteiger partial charge in [-0.15, -0.1) is 0 Å². The van der Waals surface area contributed by atoms with Crippen LogP contribution in [-0.4, -0.2) is 0 Å². The van der Waals surface area contributed by atoms with E-state index < -0.39 is 0 Å². The Morgan fingerprint density at radius 3 is 2.73 bits per heavy atom. The lowest BCUT2D eigenvalue weighted by atomic mass is 9.99. The molecule has 0 aliphatic heterocycles. The van der Waals surface area contributed by atoms with Crippen LogP contribution >= 0.6 is 0 Å². The van der Waals surface area contributed by atoms with E-state index in [1.807, 2.05) is 0 Å². The van der Waals surface area contributed by atoms with Gasteiger partial charge in [0.1, 0.15) is 0 Å². The van der Waals surface area contributed by atoms with Gasteiger partial charge in [0, 0.05) is 0 Å². The van der Waals surface area contributed by atoms with Crippen LogP contribution in [0.4, 0.5) is 0 Å². The summed E-state index contributed by atoms with van der Waals surface area (Å²) < 4.78 is 0. The zero-order chi connectivity index (χ0) is 10.7. The molecule has 0 amide bonds. The van der Waals surface area contributed by atoms with Crippen molar-refractivity contribution in [2.45, 2.75) is 33.1 Å². The number of hydrogen-bond donors (Lipinski definition) is 0. The van der Waals surface area contributed by atoms with E-state index in [-0.39, 0.29) is 0 Å². The van der Waals surface area contributed by atoms with Crippen LogP contribution in [-0.2, 0) is 6.42 Å². The minimum absolute atomic E-state index is 1.21. The van der Waals surface area contributed by atoms with Gasteiger partial charge in [-0.2, -0.15) is 0 Å². The van der Waals surface area contributed by atoms with Gasteiger partial charge in [-0.1, -0.05) is 55.3 Å². The molecule has 78 valence electrons. The SMILES string of the molecule is CCCCc1cccc2cc(C)ccc12. The number of benzene rings is 2. The third kappa shape index (κ3) is 2.20. The van der Waals surface area contributed by atoms with Crippen molar-refractivity contribution in [2.75, 3.05) is 0 Å². The van der Waals surface area contributed by atoms with Gasteiger partial charge in [0.15, 0.2) is 0 Å². The fourth-order valence-electron chi connectivity index (χ4n) is 2.06. The van der Waals surface area contributed by atoms with Gasteiger partial charge in [-0.25, -0.2) is 0 Å². The number of hydrogen-bond acceptors (Lipinski definition) is 0. The van der Waals surface area contributed by atoms with Crippen LogP contribution in [0.15, 0.2) is 36.4 Å². The number of aryl methyl sites for hydroxylation is 2. The van der Waals surface area contributed by atoms with Gasteiger partial charge < -0.3 is 0 Å². The molecule has 0 unspecified atom stereocenters. The quantitative estimate of drug-likeness (QED) is 0.681. The van der Waals surface area contributed by atoms with E-state index in [0.717, 1.165) is 0 Å². The predicted octanol–water partition coefficient (Wildman–Crippen LogP) is 4.49. The van der Waals surface area contributed by atoms with Crippen molar-refractivity contribution in [3.05, 3.63) is 47.5 Å². The molecule has 2 rings (SSSR count). The smallest absolute Gasteiger partial charge is 0.0152 e. The molecule has 0 bridgehead atoms. The van der Waals surface area contributed by atoms with Gasteiger partial charge >= 0.3 is 0 Å². The maximum absolute atomic E-state index is 2.27. The Bertz CT molecular complexity index is 455. The Hall–Kier alpha value is -1.30. The van der Waals surface area contributed by atoms with Gasteiger partial charge in [-0.05, 0) is 36.1 Å². The highest BCUT2D eigenvalue weighted by Gasteiger charge is 1.99. The van der Waals surface area contributed by atoms with Crippen molar-refractivity contribution >= 4 is 10.8 Å². The first kappa shape index (κ1) is 10.2. The first-order valence-electron chi connectivity index (χ1n) is 5.79. The average Bonchev–Trinajstić information content (AvgIpc) is 2.25. The molecule has 0 heteroatoms. The molecule has 0 spiro atoms. The van der Waals surface area contributed by atoms with Crippen molar-refractivity contribution in [1.82, 2.24) is 0 Å². The second-order valence-electron chi connectivity index (χ2n) is 4.25. The van der Waals surface area contributed by atoms with Gasteiger partial charge in [-0.3, -0.25) is 0 Å². The van der Waals surface area contributed by atoms with E-state index in [2.05, 4.69) is 50.2 Å². The minimum Gasteiger partial charge on any atom is -0.0654 e. The largest absolute Gasteiger partial charge is 0.0654 e. The Morgan fingerprint density at radius 2 is 1.93 bits per heavy atom. The highest BCUT2D eigenvalue weighted by Crippen LogP contribution is 2.21. The topological polar surface area (TPSA) is 0 Å². The molecule has 0 aliphatic rings. The molecule has 15 heavy (non-hydrogen) atoms. The summed E-state index contributed by atoms with van der Waals surface area (Å²) in [4.78, 5) is 0. The third-order valence-corrected chi connectivity index (χ3v) is 2.93. The number of rotatable bonds is 3. The molecule has 0 atom stereocenters. The summed E-state index contributed by atoms with van der Waals surface area (Å²) in [6, 6.07) is 13.4. The number of fused-ring (bicyclic) bond motifs is 1. The summed E-state index contributed by atoms with van der Waals surface area (Å²) in [5, 5.41) is 2.81. The van der Waals surface area contributed by atoms with E-state index >= 15 is 0 Å². The van der Waals surface area contributed by atoms with Crippen LogP contribution in [0, 0.1) is 6.92 Å². The molecule has 0 saturated heterocycles. The van der Waals surface area contributed by atoms with Crippen molar-refractivity contribution in [3.63, 3.8) is 0 Å². The van der Waals surface area contributed by atoms with E-state index in [4.69, 9.17) is 0 Å². The Morgan fingerprint density at radius 1 is 1.07 bits per heavy atom. The minimum atomic E-state index is 1.21. The van der Waals surface area contributed by atoms with Crippen LogP contribution in [0.5, 0.6) is 0 Å². The van der Waals surface area contributed by atoms with E-state index in [1.165, 1.54) is 41.2 Å². The summed E-state index contributed by atoms with van der Waals surface area (Å²) in [6.45, 7) is 4.40. The lowest BCUT2D eigenvalue weighted by Crippen LogP contribution is -1.87. The first-order chi connectivity index (χ1) is 7.31. The van der Waals surface area contributed by atoms with Gasteiger partial charge in [0.25, 0.3) is 0 Å². The zero-order valence-electron chi connectivity index (χ0n) is 9.59. The summed E-state index contributed by atoms with van der Waals surface area (Å²) >= 11 is 0. The molecule has 0 nitrogen and oxygen atoms in total. The fourth-order valence-corrected chi connectivity index (χ4v) is 2.06. The van der Waals surface area contributed by atoms with Crippen molar-refractivity contribution in [1.29, 1.82) is 0 Å². The second kappa shape index (κ2) is 4.48. The lowest BCUT2D eigenvalue weighted by molar-refractivity contribution is 0.799. The van der Waals surface area contributed by atoms with Gasteiger partial charge in [0.05, 0.1) is 0 Å². The molecule has 0 N–H and O–H groups in total. The van der Waals surface area contributed by atoms with Crippen molar-refractivity contribution < 1.29 is 0 Å². The van der Waals surface area contributed by atoms with Crippen LogP contribution in [0.25, 0.3) is 10.8 Å². The fraction of sp³-hybridized carbons (Fsp3) is 0.333. The molecule has 0 aromatic heterocycles. The predicted molar refractivity (Wildman–Crippen MR) is 67.3 cm³/mol. The summed E-state index contributed by atoms with van der Waals surface area (Å²) in [6.07, 6.45) is 3.76. The Labute approximate surface area is 91.9 Å². The zero-order valence-corrected chi connectivity index (χ0v) is 9.59. The van der Waals surface area contributed by atoms with Crippen LogP contribution in [0.1, 0.15) is 30.9 Å². The molecule has 0 heterocycles. The van der Waals surface area contributed by atoms with Crippen LogP contribution < -0.4 is 0 Å². The van der Waals surface area contributed by atoms with E-state index in [9.17, 15) is 0 Å². The highest BCUT2D eigenvalue weighted by molar-refractivity contribution is 5.86. The highest BCUT2D eigenvalue weighted by atomic mass is 14.0. The normalized spacial score (nSPS) is 10.8. The van der Waals surface area contributed by atoms with Crippen molar-refractivity contribution in [3.8, 4) is 0 Å². The Balaban J connectivity index is 2.46. The number of unbranched alkanes of at least 4 members (excludes halogenated alkanes) is 1. The summed E-state index contributed by atoms with van der Waals surface area (Å²) in [7, 11) is 0. The second-order valence-corrected chi connectivity index (χ2v) is 4.25. The van der Waals surface area contributed by atoms with Crippen LogP contribution in [0.3, 0.4) is 0 Å². The van der Waals surface area contributed by atoms with Gasteiger partial charge in [0.2, 0.25) is 0 Å². The molecule has 0 aliphatic carbocycles. The molecule has 0 radical (unpaired) electrons. The molecule has 2 aromatic rings.